The quantitative estimate of drug-likeness (QED) is 0.863. The Morgan fingerprint density at radius 2 is 2.05 bits per heavy atom. The van der Waals surface area contributed by atoms with Gasteiger partial charge >= 0.3 is 5.97 Å². The zero-order chi connectivity index (χ0) is 15.8. The summed E-state index contributed by atoms with van der Waals surface area (Å²) in [5.41, 5.74) is 1.63. The molecule has 0 atom stereocenters. The number of aromatic nitrogens is 1. The molecular formula is C12H14N2O5S2. The van der Waals surface area contributed by atoms with Crippen molar-refractivity contribution in [3.05, 3.63) is 27.1 Å². The second kappa shape index (κ2) is 5.49. The number of thiophene rings is 1. The summed E-state index contributed by atoms with van der Waals surface area (Å²) in [6.07, 6.45) is 0. The number of esters is 1. The molecule has 2 aromatic rings. The third-order valence-corrected chi connectivity index (χ3v) is 5.67. The third kappa shape index (κ3) is 2.79. The number of nitrogens with zero attached hydrogens (tertiary/aromatic N) is 1. The summed E-state index contributed by atoms with van der Waals surface area (Å²) in [5, 5.41) is 5.27. The number of methoxy groups -OCH3 is 1. The van der Waals surface area contributed by atoms with E-state index < -0.39 is 16.0 Å². The van der Waals surface area contributed by atoms with Gasteiger partial charge in [0.05, 0.1) is 12.8 Å². The molecule has 1 N–H and O–H groups in total. The highest BCUT2D eigenvalue weighted by atomic mass is 32.2. The molecule has 7 nitrogen and oxygen atoms in total. The van der Waals surface area contributed by atoms with Crippen LogP contribution in [0.3, 0.4) is 0 Å². The summed E-state index contributed by atoms with van der Waals surface area (Å²) in [6.45, 7) is 4.99. The van der Waals surface area contributed by atoms with Gasteiger partial charge in [0, 0.05) is 5.56 Å². The van der Waals surface area contributed by atoms with E-state index in [1.165, 1.54) is 7.11 Å². The molecule has 0 saturated carbocycles. The highest BCUT2D eigenvalue weighted by Gasteiger charge is 2.29. The predicted octanol–water partition coefficient (Wildman–Crippen LogP) is 2.25. The Balaban J connectivity index is 2.48. The number of hydrogen-bond donors (Lipinski definition) is 1. The maximum atomic E-state index is 12.5. The number of anilines is 1. The van der Waals surface area contributed by atoms with E-state index in [2.05, 4.69) is 14.6 Å². The smallest absolute Gasteiger partial charge is 0.349 e. The number of carbonyl (C=O) groups is 1. The second-order valence-electron chi connectivity index (χ2n) is 4.40. The molecule has 0 aromatic carbocycles. The Hall–Kier alpha value is -1.87. The van der Waals surface area contributed by atoms with Crippen molar-refractivity contribution in [2.24, 2.45) is 0 Å². The van der Waals surface area contributed by atoms with Gasteiger partial charge in [0.1, 0.15) is 9.77 Å². The van der Waals surface area contributed by atoms with Crippen LogP contribution in [0.5, 0.6) is 0 Å². The molecule has 2 rings (SSSR count). The van der Waals surface area contributed by atoms with E-state index in [0.29, 0.717) is 16.8 Å². The molecular weight excluding hydrogens is 316 g/mol. The molecule has 0 fully saturated rings. The molecule has 0 aliphatic carbocycles. The first-order valence-electron chi connectivity index (χ1n) is 5.90. The lowest BCUT2D eigenvalue weighted by Crippen LogP contribution is -2.17. The van der Waals surface area contributed by atoms with E-state index in [-0.39, 0.29) is 15.7 Å². The van der Waals surface area contributed by atoms with E-state index in [4.69, 9.17) is 4.52 Å². The van der Waals surface area contributed by atoms with E-state index in [0.717, 1.165) is 11.3 Å². The molecule has 0 bridgehead atoms. The SMILES string of the molecule is COC(=O)c1scc(C)c1S(=O)(=O)Nc1onc(C)c1C. The van der Waals surface area contributed by atoms with Gasteiger partial charge in [-0.2, -0.15) is 0 Å². The minimum absolute atomic E-state index is 0.0244. The summed E-state index contributed by atoms with van der Waals surface area (Å²) in [6, 6.07) is 0. The predicted molar refractivity (Wildman–Crippen MR) is 77.2 cm³/mol. The van der Waals surface area contributed by atoms with Crippen molar-refractivity contribution in [1.29, 1.82) is 0 Å². The second-order valence-corrected chi connectivity index (χ2v) is 6.90. The van der Waals surface area contributed by atoms with Gasteiger partial charge in [-0.25, -0.2) is 17.9 Å². The zero-order valence-electron chi connectivity index (χ0n) is 11.9. The molecule has 0 aliphatic heterocycles. The monoisotopic (exact) mass is 330 g/mol. The van der Waals surface area contributed by atoms with E-state index in [1.54, 1.807) is 26.2 Å². The van der Waals surface area contributed by atoms with Crippen LogP contribution in [-0.4, -0.2) is 26.7 Å². The standard InChI is InChI=1S/C12H14N2O5S2/c1-6-5-20-9(12(15)18-4)10(6)21(16,17)14-11-7(2)8(3)13-19-11/h5,14H,1-4H3. The van der Waals surface area contributed by atoms with Crippen LogP contribution >= 0.6 is 11.3 Å². The molecule has 0 saturated heterocycles. The highest BCUT2D eigenvalue weighted by molar-refractivity contribution is 7.93. The Bertz CT molecular complexity index is 789. The van der Waals surface area contributed by atoms with Crippen LogP contribution in [0.15, 0.2) is 14.8 Å². The molecule has 0 spiro atoms. The Kier molecular flexibility index (Phi) is 4.06. The maximum absolute atomic E-state index is 12.5. The summed E-state index contributed by atoms with van der Waals surface area (Å²) >= 11 is 1.02. The number of carbonyl (C=O) groups excluding carboxylic acids is 1. The average Bonchev–Trinajstić information content (AvgIpc) is 2.96. The number of rotatable bonds is 4. The Labute approximate surface area is 126 Å². The van der Waals surface area contributed by atoms with Crippen LogP contribution in [0.1, 0.15) is 26.5 Å². The van der Waals surface area contributed by atoms with Crippen LogP contribution in [0.2, 0.25) is 0 Å². The molecule has 0 unspecified atom stereocenters. The fourth-order valence-electron chi connectivity index (χ4n) is 1.68. The van der Waals surface area contributed by atoms with Crippen molar-refractivity contribution in [2.75, 3.05) is 11.8 Å². The normalized spacial score (nSPS) is 11.4. The Morgan fingerprint density at radius 3 is 2.57 bits per heavy atom. The van der Waals surface area contributed by atoms with Gasteiger partial charge in [-0.3, -0.25) is 0 Å². The fraction of sp³-hybridized carbons (Fsp3) is 0.333. The van der Waals surface area contributed by atoms with E-state index in [9.17, 15) is 13.2 Å². The molecule has 0 amide bonds. The molecule has 2 aromatic heterocycles. The highest BCUT2D eigenvalue weighted by Crippen LogP contribution is 2.30. The van der Waals surface area contributed by atoms with Crippen molar-refractivity contribution in [2.45, 2.75) is 25.7 Å². The lowest BCUT2D eigenvalue weighted by atomic mass is 10.3. The first kappa shape index (κ1) is 15.5. The van der Waals surface area contributed by atoms with Gasteiger partial charge in [0.25, 0.3) is 10.0 Å². The summed E-state index contributed by atoms with van der Waals surface area (Å²) in [4.78, 5) is 11.6. The van der Waals surface area contributed by atoms with Crippen molar-refractivity contribution in [3.63, 3.8) is 0 Å². The molecule has 0 radical (unpaired) electrons. The fourth-order valence-corrected chi connectivity index (χ4v) is 4.44. The average molecular weight is 330 g/mol. The molecule has 114 valence electrons. The minimum Gasteiger partial charge on any atom is -0.465 e. The van der Waals surface area contributed by atoms with Gasteiger partial charge in [-0.05, 0) is 31.7 Å². The molecule has 9 heteroatoms. The number of nitrogens with one attached hydrogen (secondary N) is 1. The molecule has 0 aliphatic rings. The molecule has 21 heavy (non-hydrogen) atoms. The summed E-state index contributed by atoms with van der Waals surface area (Å²) in [5.74, 6) is -0.659. The minimum atomic E-state index is -3.97. The summed E-state index contributed by atoms with van der Waals surface area (Å²) in [7, 11) is -2.77. The number of hydrogen-bond acceptors (Lipinski definition) is 7. The van der Waals surface area contributed by atoms with Crippen LogP contribution < -0.4 is 4.72 Å². The largest absolute Gasteiger partial charge is 0.465 e. The van der Waals surface area contributed by atoms with Crippen molar-refractivity contribution >= 4 is 33.2 Å². The lowest BCUT2D eigenvalue weighted by molar-refractivity contribution is 0.0602. The summed E-state index contributed by atoms with van der Waals surface area (Å²) < 4.78 is 36.8. The Morgan fingerprint density at radius 1 is 1.38 bits per heavy atom. The van der Waals surface area contributed by atoms with Crippen molar-refractivity contribution in [3.8, 4) is 0 Å². The number of ether oxygens (including phenoxy) is 1. The van der Waals surface area contributed by atoms with Gasteiger partial charge in [0.15, 0.2) is 0 Å². The van der Waals surface area contributed by atoms with Crippen molar-refractivity contribution < 1.29 is 22.5 Å². The van der Waals surface area contributed by atoms with Crippen LogP contribution in [-0.2, 0) is 14.8 Å². The van der Waals surface area contributed by atoms with Crippen LogP contribution in [0, 0.1) is 20.8 Å². The maximum Gasteiger partial charge on any atom is 0.349 e. The number of sulfonamides is 1. The first-order chi connectivity index (χ1) is 9.77. The van der Waals surface area contributed by atoms with Gasteiger partial charge in [-0.15, -0.1) is 11.3 Å². The van der Waals surface area contributed by atoms with Gasteiger partial charge in [-0.1, -0.05) is 5.16 Å². The van der Waals surface area contributed by atoms with Crippen LogP contribution in [0.25, 0.3) is 0 Å². The van der Waals surface area contributed by atoms with Gasteiger partial charge in [0.2, 0.25) is 5.88 Å². The molecule has 2 heterocycles. The zero-order valence-corrected chi connectivity index (χ0v) is 13.5. The lowest BCUT2D eigenvalue weighted by Gasteiger charge is -2.07. The van der Waals surface area contributed by atoms with Gasteiger partial charge < -0.3 is 9.26 Å². The van der Waals surface area contributed by atoms with Crippen molar-refractivity contribution in [1.82, 2.24) is 5.16 Å². The van der Waals surface area contributed by atoms with Crippen LogP contribution in [0.4, 0.5) is 5.88 Å². The number of aryl methyl sites for hydroxylation is 2. The van der Waals surface area contributed by atoms with E-state index >= 15 is 0 Å². The topological polar surface area (TPSA) is 98.5 Å². The van der Waals surface area contributed by atoms with E-state index in [1.807, 2.05) is 0 Å². The first-order valence-corrected chi connectivity index (χ1v) is 8.26. The third-order valence-electron chi connectivity index (χ3n) is 2.94.